The van der Waals surface area contributed by atoms with Crippen LogP contribution in [-0.4, -0.2) is 18.1 Å². The predicted molar refractivity (Wildman–Crippen MR) is 76.7 cm³/mol. The Labute approximate surface area is 112 Å². The lowest BCUT2D eigenvalue weighted by molar-refractivity contribution is 0.340. The highest BCUT2D eigenvalue weighted by atomic mass is 16.5. The van der Waals surface area contributed by atoms with Gasteiger partial charge < -0.3 is 15.4 Å². The largest absolute Gasteiger partial charge is 0.491 e. The Morgan fingerprint density at radius 1 is 1.32 bits per heavy atom. The summed E-state index contributed by atoms with van der Waals surface area (Å²) in [5.74, 6) is 1.86. The number of hydrogen-bond donors (Lipinski definition) is 2. The fourth-order valence-corrected chi connectivity index (χ4v) is 2.28. The summed E-state index contributed by atoms with van der Waals surface area (Å²) in [6.07, 6.45) is 1.81. The standard InChI is InChI=1S/C15H17N3O/c1-2-16-15-9-11(7-8-17-15)18-13-10-19-14-6-4-3-5-12(13)14/h3-9,13H,2,10H2,1H3,(H2,16,17,18). The molecule has 1 aliphatic rings. The van der Waals surface area contributed by atoms with Crippen LogP contribution in [0.2, 0.25) is 0 Å². The van der Waals surface area contributed by atoms with Crippen molar-refractivity contribution >= 4 is 11.5 Å². The zero-order valence-corrected chi connectivity index (χ0v) is 10.9. The maximum Gasteiger partial charge on any atom is 0.127 e. The molecule has 4 nitrogen and oxygen atoms in total. The molecule has 0 bridgehead atoms. The number of benzene rings is 1. The van der Waals surface area contributed by atoms with Gasteiger partial charge in [-0.3, -0.25) is 0 Å². The number of aromatic nitrogens is 1. The molecule has 0 amide bonds. The van der Waals surface area contributed by atoms with Crippen LogP contribution in [0.5, 0.6) is 5.75 Å². The quantitative estimate of drug-likeness (QED) is 0.881. The van der Waals surface area contributed by atoms with Crippen LogP contribution in [-0.2, 0) is 0 Å². The first-order valence-electron chi connectivity index (χ1n) is 6.55. The van der Waals surface area contributed by atoms with Gasteiger partial charge in [0.25, 0.3) is 0 Å². The highest BCUT2D eigenvalue weighted by Crippen LogP contribution is 2.34. The Kier molecular flexibility index (Phi) is 3.23. The van der Waals surface area contributed by atoms with Gasteiger partial charge >= 0.3 is 0 Å². The molecule has 1 aromatic heterocycles. The van der Waals surface area contributed by atoms with Crippen LogP contribution in [0.1, 0.15) is 18.5 Å². The predicted octanol–water partition coefficient (Wildman–Crippen LogP) is 3.06. The third-order valence-electron chi connectivity index (χ3n) is 3.16. The monoisotopic (exact) mass is 255 g/mol. The van der Waals surface area contributed by atoms with Crippen molar-refractivity contribution in [3.8, 4) is 5.75 Å². The zero-order chi connectivity index (χ0) is 13.1. The van der Waals surface area contributed by atoms with Gasteiger partial charge in [0.1, 0.15) is 18.2 Å². The molecule has 3 rings (SSSR count). The molecule has 1 aliphatic heterocycles. The molecule has 1 aromatic carbocycles. The number of hydrogen-bond acceptors (Lipinski definition) is 4. The summed E-state index contributed by atoms with van der Waals surface area (Å²) in [4.78, 5) is 4.27. The van der Waals surface area contributed by atoms with Crippen LogP contribution >= 0.6 is 0 Å². The molecule has 1 unspecified atom stereocenters. The molecule has 0 saturated carbocycles. The lowest BCUT2D eigenvalue weighted by Gasteiger charge is -2.14. The SMILES string of the molecule is CCNc1cc(NC2COc3ccccc32)ccn1. The number of anilines is 2. The topological polar surface area (TPSA) is 46.2 Å². The van der Waals surface area contributed by atoms with Crippen LogP contribution in [0, 0.1) is 0 Å². The Hall–Kier alpha value is -2.23. The van der Waals surface area contributed by atoms with Crippen molar-refractivity contribution in [1.82, 2.24) is 4.98 Å². The van der Waals surface area contributed by atoms with Gasteiger partial charge in [-0.25, -0.2) is 4.98 Å². The third kappa shape index (κ3) is 2.47. The fraction of sp³-hybridized carbons (Fsp3) is 0.267. The fourth-order valence-electron chi connectivity index (χ4n) is 2.28. The Balaban J connectivity index is 1.77. The van der Waals surface area contributed by atoms with Crippen molar-refractivity contribution < 1.29 is 4.74 Å². The highest BCUT2D eigenvalue weighted by molar-refractivity contribution is 5.54. The first kappa shape index (κ1) is 11.8. The minimum absolute atomic E-state index is 0.202. The van der Waals surface area contributed by atoms with Crippen LogP contribution in [0.25, 0.3) is 0 Å². The smallest absolute Gasteiger partial charge is 0.127 e. The highest BCUT2D eigenvalue weighted by Gasteiger charge is 2.23. The van der Waals surface area contributed by atoms with Crippen molar-refractivity contribution in [2.75, 3.05) is 23.8 Å². The van der Waals surface area contributed by atoms with Crippen molar-refractivity contribution in [2.45, 2.75) is 13.0 Å². The van der Waals surface area contributed by atoms with E-state index >= 15 is 0 Å². The summed E-state index contributed by atoms with van der Waals surface area (Å²) in [7, 11) is 0. The molecule has 19 heavy (non-hydrogen) atoms. The average molecular weight is 255 g/mol. The summed E-state index contributed by atoms with van der Waals surface area (Å²) in [5, 5.41) is 6.70. The first-order valence-corrected chi connectivity index (χ1v) is 6.55. The molecule has 0 saturated heterocycles. The second-order valence-electron chi connectivity index (χ2n) is 4.51. The number of fused-ring (bicyclic) bond motifs is 1. The second-order valence-corrected chi connectivity index (χ2v) is 4.51. The number of ether oxygens (including phenoxy) is 1. The van der Waals surface area contributed by atoms with Gasteiger partial charge in [0.15, 0.2) is 0 Å². The summed E-state index contributed by atoms with van der Waals surface area (Å²) in [6, 6.07) is 12.3. The van der Waals surface area contributed by atoms with E-state index in [-0.39, 0.29) is 6.04 Å². The van der Waals surface area contributed by atoms with Gasteiger partial charge in [0, 0.05) is 30.1 Å². The third-order valence-corrected chi connectivity index (χ3v) is 3.16. The Morgan fingerprint density at radius 2 is 2.21 bits per heavy atom. The molecule has 2 aromatic rings. The molecule has 1 atom stereocenters. The van der Waals surface area contributed by atoms with Gasteiger partial charge in [-0.2, -0.15) is 0 Å². The van der Waals surface area contributed by atoms with Gasteiger partial charge in [-0.05, 0) is 19.1 Å². The lowest BCUT2D eigenvalue weighted by atomic mass is 10.1. The van der Waals surface area contributed by atoms with Gasteiger partial charge in [-0.1, -0.05) is 18.2 Å². The van der Waals surface area contributed by atoms with Gasteiger partial charge in [0.05, 0.1) is 6.04 Å². The molecule has 2 heterocycles. The van der Waals surface area contributed by atoms with Crippen molar-refractivity contribution in [2.24, 2.45) is 0 Å². The van der Waals surface area contributed by atoms with Crippen LogP contribution in [0.3, 0.4) is 0 Å². The molecule has 98 valence electrons. The minimum Gasteiger partial charge on any atom is -0.491 e. The van der Waals surface area contributed by atoms with Crippen LogP contribution < -0.4 is 15.4 Å². The molecule has 2 N–H and O–H groups in total. The minimum atomic E-state index is 0.202. The number of nitrogens with one attached hydrogen (secondary N) is 2. The van der Waals surface area contributed by atoms with Gasteiger partial charge in [0.2, 0.25) is 0 Å². The van der Waals surface area contributed by atoms with E-state index in [2.05, 4.69) is 28.6 Å². The van der Waals surface area contributed by atoms with Crippen molar-refractivity contribution in [3.05, 3.63) is 48.2 Å². The van der Waals surface area contributed by atoms with E-state index in [0.717, 1.165) is 23.8 Å². The van der Waals surface area contributed by atoms with Gasteiger partial charge in [-0.15, -0.1) is 0 Å². The van der Waals surface area contributed by atoms with E-state index in [1.807, 2.05) is 36.5 Å². The van der Waals surface area contributed by atoms with Crippen LogP contribution in [0.4, 0.5) is 11.5 Å². The molecular weight excluding hydrogens is 238 g/mol. The maximum absolute atomic E-state index is 5.67. The number of pyridine rings is 1. The van der Waals surface area contributed by atoms with E-state index in [1.54, 1.807) is 0 Å². The van der Waals surface area contributed by atoms with Crippen LogP contribution in [0.15, 0.2) is 42.6 Å². The van der Waals surface area contributed by atoms with E-state index in [0.29, 0.717) is 6.61 Å². The maximum atomic E-state index is 5.67. The molecular formula is C15H17N3O. The van der Waals surface area contributed by atoms with Crippen molar-refractivity contribution in [1.29, 1.82) is 0 Å². The summed E-state index contributed by atoms with van der Waals surface area (Å²) in [6.45, 7) is 3.59. The number of para-hydroxylation sites is 1. The normalized spacial score (nSPS) is 16.6. The van der Waals surface area contributed by atoms with E-state index < -0.39 is 0 Å². The molecule has 0 radical (unpaired) electrons. The molecule has 0 spiro atoms. The second kappa shape index (κ2) is 5.18. The summed E-state index contributed by atoms with van der Waals surface area (Å²) in [5.41, 5.74) is 2.26. The van der Waals surface area contributed by atoms with E-state index in [4.69, 9.17) is 4.74 Å². The molecule has 0 fully saturated rings. The number of nitrogens with zero attached hydrogens (tertiary/aromatic N) is 1. The Bertz CT molecular complexity index is 571. The molecule has 0 aliphatic carbocycles. The number of rotatable bonds is 4. The summed E-state index contributed by atoms with van der Waals surface area (Å²) >= 11 is 0. The Morgan fingerprint density at radius 3 is 3.11 bits per heavy atom. The first-order chi connectivity index (χ1) is 9.36. The van der Waals surface area contributed by atoms with Crippen molar-refractivity contribution in [3.63, 3.8) is 0 Å². The average Bonchev–Trinajstić information content (AvgIpc) is 2.83. The lowest BCUT2D eigenvalue weighted by Crippen LogP contribution is -2.12. The van der Waals surface area contributed by atoms with E-state index in [1.165, 1.54) is 5.56 Å². The molecule has 4 heteroatoms. The zero-order valence-electron chi connectivity index (χ0n) is 10.9. The van der Waals surface area contributed by atoms with E-state index in [9.17, 15) is 0 Å². The summed E-state index contributed by atoms with van der Waals surface area (Å²) < 4.78 is 5.67.